The molecule has 1 amide bonds. The molecule has 2 rings (SSSR count). The summed E-state index contributed by atoms with van der Waals surface area (Å²) in [6.45, 7) is 2.41. The zero-order valence-corrected chi connectivity index (χ0v) is 14.0. The summed E-state index contributed by atoms with van der Waals surface area (Å²) in [6, 6.07) is 11.0. The third-order valence-electron chi connectivity index (χ3n) is 2.99. The molecule has 0 fully saturated rings. The van der Waals surface area contributed by atoms with Crippen LogP contribution in [-0.4, -0.2) is 24.0 Å². The Morgan fingerprint density at radius 1 is 1.29 bits per heavy atom. The van der Waals surface area contributed by atoms with E-state index in [-0.39, 0.29) is 19.1 Å². The first-order valence-electron chi connectivity index (χ1n) is 7.37. The number of carbonyl (C=O) groups is 1. The zero-order chi connectivity index (χ0) is 17.2. The number of nitrogens with one attached hydrogen (secondary N) is 1. The molecule has 5 heteroatoms. The van der Waals surface area contributed by atoms with Crippen LogP contribution in [0.5, 0.6) is 5.75 Å². The van der Waals surface area contributed by atoms with E-state index in [4.69, 9.17) is 16.3 Å². The predicted octanol–water partition coefficient (Wildman–Crippen LogP) is 3.26. The van der Waals surface area contributed by atoms with Crippen molar-refractivity contribution in [2.45, 2.75) is 6.92 Å². The summed E-state index contributed by atoms with van der Waals surface area (Å²) in [7, 11) is 0. The van der Waals surface area contributed by atoms with Gasteiger partial charge in [-0.1, -0.05) is 41.6 Å². The van der Waals surface area contributed by atoms with E-state index < -0.39 is 0 Å². The average Bonchev–Trinajstić information content (AvgIpc) is 2.59. The summed E-state index contributed by atoms with van der Waals surface area (Å²) in [5.41, 5.74) is 1.72. The predicted molar refractivity (Wildman–Crippen MR) is 95.7 cm³/mol. The van der Waals surface area contributed by atoms with Crippen molar-refractivity contribution in [3.63, 3.8) is 0 Å². The van der Waals surface area contributed by atoms with Crippen LogP contribution in [0.4, 0.5) is 0 Å². The highest BCUT2D eigenvalue weighted by Gasteiger charge is 1.96. The summed E-state index contributed by atoms with van der Waals surface area (Å²) in [4.78, 5) is 15.8. The fraction of sp³-hybridized carbons (Fsp3) is 0.158. The van der Waals surface area contributed by atoms with Gasteiger partial charge in [0.05, 0.1) is 12.7 Å². The van der Waals surface area contributed by atoms with Gasteiger partial charge in [0.25, 0.3) is 0 Å². The van der Waals surface area contributed by atoms with Crippen molar-refractivity contribution in [3.05, 3.63) is 65.0 Å². The molecular weight excluding hydrogens is 324 g/mol. The van der Waals surface area contributed by atoms with Crippen LogP contribution in [-0.2, 0) is 4.79 Å². The van der Waals surface area contributed by atoms with Crippen LogP contribution in [0.3, 0.4) is 0 Å². The Bertz CT molecular complexity index is 774. The van der Waals surface area contributed by atoms with Crippen molar-refractivity contribution in [2.75, 3.05) is 13.2 Å². The Morgan fingerprint density at radius 3 is 2.88 bits per heavy atom. The fourth-order valence-corrected chi connectivity index (χ4v) is 1.94. The number of carbonyl (C=O) groups excluding carboxylic acids is 1. The average molecular weight is 341 g/mol. The van der Waals surface area contributed by atoms with Gasteiger partial charge in [-0.05, 0) is 36.8 Å². The Kier molecular flexibility index (Phi) is 6.88. The van der Waals surface area contributed by atoms with E-state index in [1.54, 1.807) is 18.3 Å². The highest BCUT2D eigenvalue weighted by atomic mass is 35.5. The second-order valence-electron chi connectivity index (χ2n) is 4.85. The summed E-state index contributed by atoms with van der Waals surface area (Å²) in [6.07, 6.45) is 4.74. The molecule has 0 atom stereocenters. The number of nitrogens with zero attached hydrogens (tertiary/aromatic N) is 1. The first-order chi connectivity index (χ1) is 11.6. The topological polar surface area (TPSA) is 51.2 Å². The lowest BCUT2D eigenvalue weighted by Gasteiger charge is -2.00. The van der Waals surface area contributed by atoms with E-state index >= 15 is 0 Å². The number of pyridine rings is 1. The summed E-state index contributed by atoms with van der Waals surface area (Å²) < 4.78 is 5.41. The molecule has 24 heavy (non-hydrogen) atoms. The van der Waals surface area contributed by atoms with Crippen LogP contribution in [0.25, 0.3) is 6.08 Å². The number of hydrogen-bond acceptors (Lipinski definition) is 3. The van der Waals surface area contributed by atoms with Crippen molar-refractivity contribution >= 4 is 23.6 Å². The Balaban J connectivity index is 1.69. The molecule has 0 saturated heterocycles. The Hall–Kier alpha value is -2.77. The zero-order valence-electron chi connectivity index (χ0n) is 13.3. The van der Waals surface area contributed by atoms with Crippen LogP contribution < -0.4 is 10.1 Å². The van der Waals surface area contributed by atoms with Gasteiger partial charge < -0.3 is 10.1 Å². The molecule has 0 aliphatic heterocycles. The number of amides is 1. The smallest absolute Gasteiger partial charge is 0.244 e. The summed E-state index contributed by atoms with van der Waals surface area (Å²) in [5.74, 6) is 6.09. The minimum Gasteiger partial charge on any atom is -0.479 e. The van der Waals surface area contributed by atoms with E-state index in [9.17, 15) is 4.79 Å². The SMILES string of the molecule is Cc1ccc(OCC#CCNC(=O)/C=C/c2ccccc2Cl)cn1. The number of hydrogen-bond donors (Lipinski definition) is 1. The van der Waals surface area contributed by atoms with Crippen molar-refractivity contribution in [1.29, 1.82) is 0 Å². The summed E-state index contributed by atoms with van der Waals surface area (Å²) in [5, 5.41) is 3.27. The number of rotatable bonds is 5. The first-order valence-corrected chi connectivity index (χ1v) is 7.74. The lowest BCUT2D eigenvalue weighted by atomic mass is 10.2. The number of halogens is 1. The van der Waals surface area contributed by atoms with Gasteiger partial charge in [0.1, 0.15) is 12.4 Å². The molecular formula is C19H17ClN2O2. The van der Waals surface area contributed by atoms with Gasteiger partial charge in [-0.25, -0.2) is 0 Å². The van der Waals surface area contributed by atoms with E-state index in [0.29, 0.717) is 10.8 Å². The second kappa shape index (κ2) is 9.39. The first kappa shape index (κ1) is 17.6. The maximum absolute atomic E-state index is 11.7. The van der Waals surface area contributed by atoms with Gasteiger partial charge in [0.15, 0.2) is 0 Å². The van der Waals surface area contributed by atoms with E-state index in [2.05, 4.69) is 22.1 Å². The summed E-state index contributed by atoms with van der Waals surface area (Å²) >= 11 is 6.00. The van der Waals surface area contributed by atoms with E-state index in [0.717, 1.165) is 11.3 Å². The van der Waals surface area contributed by atoms with Crippen LogP contribution in [0.15, 0.2) is 48.7 Å². The Morgan fingerprint density at radius 2 is 2.12 bits per heavy atom. The highest BCUT2D eigenvalue weighted by molar-refractivity contribution is 6.32. The van der Waals surface area contributed by atoms with E-state index in [1.807, 2.05) is 37.3 Å². The maximum atomic E-state index is 11.7. The molecule has 1 aromatic carbocycles. The molecule has 4 nitrogen and oxygen atoms in total. The normalized spacial score (nSPS) is 10.1. The van der Waals surface area contributed by atoms with Gasteiger partial charge >= 0.3 is 0 Å². The van der Waals surface area contributed by atoms with Crippen molar-refractivity contribution in [2.24, 2.45) is 0 Å². The molecule has 0 aliphatic rings. The molecule has 0 saturated carbocycles. The van der Waals surface area contributed by atoms with E-state index in [1.165, 1.54) is 6.08 Å². The third-order valence-corrected chi connectivity index (χ3v) is 3.33. The number of ether oxygens (including phenoxy) is 1. The molecule has 1 N–H and O–H groups in total. The molecule has 0 spiro atoms. The third kappa shape index (κ3) is 6.15. The quantitative estimate of drug-likeness (QED) is 0.671. The van der Waals surface area contributed by atoms with Crippen molar-refractivity contribution < 1.29 is 9.53 Å². The van der Waals surface area contributed by atoms with Crippen LogP contribution in [0.2, 0.25) is 5.02 Å². The molecule has 1 aromatic heterocycles. The number of aromatic nitrogens is 1. The second-order valence-corrected chi connectivity index (χ2v) is 5.26. The largest absolute Gasteiger partial charge is 0.479 e. The van der Waals surface area contributed by atoms with Crippen LogP contribution >= 0.6 is 11.6 Å². The molecule has 0 bridgehead atoms. The lowest BCUT2D eigenvalue weighted by molar-refractivity contribution is -0.116. The van der Waals surface area contributed by atoms with Crippen LogP contribution in [0, 0.1) is 18.8 Å². The highest BCUT2D eigenvalue weighted by Crippen LogP contribution is 2.15. The van der Waals surface area contributed by atoms with Gasteiger partial charge in [-0.15, -0.1) is 0 Å². The molecule has 0 aliphatic carbocycles. The fourth-order valence-electron chi connectivity index (χ4n) is 1.74. The molecule has 0 radical (unpaired) electrons. The number of benzene rings is 1. The number of aryl methyl sites for hydroxylation is 1. The minimum atomic E-state index is -0.229. The Labute approximate surface area is 146 Å². The molecule has 1 heterocycles. The van der Waals surface area contributed by atoms with Gasteiger partial charge in [0, 0.05) is 16.8 Å². The van der Waals surface area contributed by atoms with Gasteiger partial charge in [0.2, 0.25) is 5.91 Å². The standard InChI is InChI=1S/C19H17ClN2O2/c1-15-8-10-17(14-22-15)24-13-5-4-12-21-19(23)11-9-16-6-2-3-7-18(16)20/h2-3,6-11,14H,12-13H2,1H3,(H,21,23)/b11-9+. The molecule has 122 valence electrons. The molecule has 0 unspecified atom stereocenters. The monoisotopic (exact) mass is 340 g/mol. The van der Waals surface area contributed by atoms with Crippen molar-refractivity contribution in [3.8, 4) is 17.6 Å². The van der Waals surface area contributed by atoms with Crippen LogP contribution in [0.1, 0.15) is 11.3 Å². The van der Waals surface area contributed by atoms with Gasteiger partial charge in [-0.2, -0.15) is 0 Å². The maximum Gasteiger partial charge on any atom is 0.244 e. The molecule has 2 aromatic rings. The van der Waals surface area contributed by atoms with Gasteiger partial charge in [-0.3, -0.25) is 9.78 Å². The lowest BCUT2D eigenvalue weighted by Crippen LogP contribution is -2.21. The van der Waals surface area contributed by atoms with Crippen molar-refractivity contribution in [1.82, 2.24) is 10.3 Å². The minimum absolute atomic E-state index is 0.229.